The zero-order valence-corrected chi connectivity index (χ0v) is 13.3. The monoisotopic (exact) mass is 289 g/mol. The van der Waals surface area contributed by atoms with Crippen LogP contribution in [0.15, 0.2) is 24.3 Å². The Balaban J connectivity index is 1.86. The van der Waals surface area contributed by atoms with Crippen LogP contribution in [0.25, 0.3) is 0 Å². The van der Waals surface area contributed by atoms with Crippen molar-refractivity contribution >= 4 is 5.78 Å². The summed E-state index contributed by atoms with van der Waals surface area (Å²) in [6.45, 7) is 6.46. The molecule has 3 nitrogen and oxygen atoms in total. The molecule has 0 atom stereocenters. The van der Waals surface area contributed by atoms with Gasteiger partial charge in [0.2, 0.25) is 0 Å². The van der Waals surface area contributed by atoms with Gasteiger partial charge < -0.3 is 4.74 Å². The molecule has 0 heterocycles. The lowest BCUT2D eigenvalue weighted by molar-refractivity contribution is 0.101. The molecule has 1 fully saturated rings. The number of rotatable bonds is 7. The Morgan fingerprint density at radius 1 is 1.24 bits per heavy atom. The molecule has 1 aromatic rings. The molecule has 116 valence electrons. The molecule has 1 aromatic carbocycles. The van der Waals surface area contributed by atoms with Crippen molar-refractivity contribution in [2.45, 2.75) is 52.0 Å². The molecule has 2 rings (SSSR count). The standard InChI is InChI=1S/C18H27NO2/c1-3-19(16-9-5-4-6-10-16)13-14-21-18-12-8-7-11-17(18)15(2)20/h7-8,11-12,16H,3-6,9-10,13-14H2,1-2H3. The van der Waals surface area contributed by atoms with Crippen LogP contribution in [0.2, 0.25) is 0 Å². The van der Waals surface area contributed by atoms with Crippen LogP contribution in [0.4, 0.5) is 0 Å². The zero-order chi connectivity index (χ0) is 15.1. The second-order valence-corrected chi connectivity index (χ2v) is 5.82. The Kier molecular flexibility index (Phi) is 6.24. The van der Waals surface area contributed by atoms with Crippen LogP contribution < -0.4 is 4.74 Å². The number of carbonyl (C=O) groups is 1. The molecule has 1 saturated carbocycles. The molecule has 21 heavy (non-hydrogen) atoms. The average Bonchev–Trinajstić information content (AvgIpc) is 2.52. The molecular weight excluding hydrogens is 262 g/mol. The van der Waals surface area contributed by atoms with E-state index < -0.39 is 0 Å². The van der Waals surface area contributed by atoms with Gasteiger partial charge in [-0.1, -0.05) is 38.3 Å². The van der Waals surface area contributed by atoms with Crippen molar-refractivity contribution in [1.82, 2.24) is 4.90 Å². The SMILES string of the molecule is CCN(CCOc1ccccc1C(C)=O)C1CCCCC1. The van der Waals surface area contributed by atoms with Gasteiger partial charge >= 0.3 is 0 Å². The summed E-state index contributed by atoms with van der Waals surface area (Å²) in [5.41, 5.74) is 0.679. The number of nitrogens with zero attached hydrogens (tertiary/aromatic N) is 1. The molecule has 0 radical (unpaired) electrons. The lowest BCUT2D eigenvalue weighted by Crippen LogP contribution is -2.39. The highest BCUT2D eigenvalue weighted by Crippen LogP contribution is 2.23. The lowest BCUT2D eigenvalue weighted by Gasteiger charge is -2.33. The summed E-state index contributed by atoms with van der Waals surface area (Å²) in [6.07, 6.45) is 6.73. The van der Waals surface area contributed by atoms with Crippen LogP contribution in [0.3, 0.4) is 0 Å². The van der Waals surface area contributed by atoms with Crippen LogP contribution in [0.1, 0.15) is 56.3 Å². The van der Waals surface area contributed by atoms with Crippen molar-refractivity contribution in [2.24, 2.45) is 0 Å². The van der Waals surface area contributed by atoms with E-state index in [1.807, 2.05) is 24.3 Å². The van der Waals surface area contributed by atoms with Gasteiger partial charge in [0.25, 0.3) is 0 Å². The van der Waals surface area contributed by atoms with Gasteiger partial charge in [0, 0.05) is 12.6 Å². The molecule has 1 aliphatic carbocycles. The van der Waals surface area contributed by atoms with E-state index in [0.717, 1.165) is 19.1 Å². The van der Waals surface area contributed by atoms with Crippen LogP contribution in [0, 0.1) is 0 Å². The van der Waals surface area contributed by atoms with Crippen LogP contribution >= 0.6 is 0 Å². The minimum absolute atomic E-state index is 0.0604. The topological polar surface area (TPSA) is 29.5 Å². The number of likely N-dealkylation sites (N-methyl/N-ethyl adjacent to an activating group) is 1. The predicted molar refractivity (Wildman–Crippen MR) is 86.1 cm³/mol. The molecular formula is C18H27NO2. The van der Waals surface area contributed by atoms with Crippen molar-refractivity contribution in [2.75, 3.05) is 19.7 Å². The number of hydrogen-bond acceptors (Lipinski definition) is 3. The van der Waals surface area contributed by atoms with E-state index in [1.54, 1.807) is 6.92 Å². The minimum Gasteiger partial charge on any atom is -0.491 e. The van der Waals surface area contributed by atoms with Gasteiger partial charge in [-0.3, -0.25) is 9.69 Å². The molecule has 0 unspecified atom stereocenters. The summed E-state index contributed by atoms with van der Waals surface area (Å²) >= 11 is 0. The van der Waals surface area contributed by atoms with E-state index in [2.05, 4.69) is 11.8 Å². The Labute approximate surface area is 128 Å². The first-order valence-electron chi connectivity index (χ1n) is 8.19. The number of carbonyl (C=O) groups excluding carboxylic acids is 1. The van der Waals surface area contributed by atoms with Crippen molar-refractivity contribution in [3.8, 4) is 5.75 Å². The molecule has 0 amide bonds. The molecule has 0 aromatic heterocycles. The highest BCUT2D eigenvalue weighted by molar-refractivity contribution is 5.96. The Morgan fingerprint density at radius 3 is 2.62 bits per heavy atom. The third kappa shape index (κ3) is 4.57. The number of hydrogen-bond donors (Lipinski definition) is 0. The summed E-state index contributed by atoms with van der Waals surface area (Å²) in [4.78, 5) is 14.1. The number of ketones is 1. The van der Waals surface area contributed by atoms with Gasteiger partial charge in [-0.15, -0.1) is 0 Å². The first-order valence-corrected chi connectivity index (χ1v) is 8.19. The van der Waals surface area contributed by atoms with Crippen LogP contribution in [-0.4, -0.2) is 36.4 Å². The van der Waals surface area contributed by atoms with E-state index in [-0.39, 0.29) is 5.78 Å². The number of Topliss-reactive ketones (excluding diaryl/α,β-unsaturated/α-hetero) is 1. The quantitative estimate of drug-likeness (QED) is 0.712. The van der Waals surface area contributed by atoms with Crippen LogP contribution in [0.5, 0.6) is 5.75 Å². The average molecular weight is 289 g/mol. The van der Waals surface area contributed by atoms with Gasteiger partial charge in [0.15, 0.2) is 5.78 Å². The van der Waals surface area contributed by atoms with Gasteiger partial charge in [-0.2, -0.15) is 0 Å². The maximum atomic E-state index is 11.6. The minimum atomic E-state index is 0.0604. The largest absolute Gasteiger partial charge is 0.491 e. The summed E-state index contributed by atoms with van der Waals surface area (Å²) in [5.74, 6) is 0.773. The molecule has 1 aliphatic rings. The Hall–Kier alpha value is -1.35. The summed E-state index contributed by atoms with van der Waals surface area (Å²) in [7, 11) is 0. The van der Waals surface area contributed by atoms with E-state index in [0.29, 0.717) is 17.9 Å². The molecule has 0 bridgehead atoms. The fraction of sp³-hybridized carbons (Fsp3) is 0.611. The van der Waals surface area contributed by atoms with E-state index in [4.69, 9.17) is 4.74 Å². The normalized spacial score (nSPS) is 16.1. The molecule has 3 heteroatoms. The summed E-state index contributed by atoms with van der Waals surface area (Å²) in [5, 5.41) is 0. The van der Waals surface area contributed by atoms with E-state index in [1.165, 1.54) is 32.1 Å². The van der Waals surface area contributed by atoms with Crippen molar-refractivity contribution in [3.05, 3.63) is 29.8 Å². The highest BCUT2D eigenvalue weighted by Gasteiger charge is 2.19. The zero-order valence-electron chi connectivity index (χ0n) is 13.3. The second kappa shape index (κ2) is 8.18. The van der Waals surface area contributed by atoms with E-state index >= 15 is 0 Å². The lowest BCUT2D eigenvalue weighted by atomic mass is 9.94. The first kappa shape index (κ1) is 16.0. The number of para-hydroxylation sites is 1. The van der Waals surface area contributed by atoms with Crippen molar-refractivity contribution in [1.29, 1.82) is 0 Å². The van der Waals surface area contributed by atoms with Gasteiger partial charge in [-0.05, 0) is 38.4 Å². The predicted octanol–water partition coefficient (Wildman–Crippen LogP) is 3.92. The van der Waals surface area contributed by atoms with Gasteiger partial charge in [0.1, 0.15) is 12.4 Å². The molecule has 0 N–H and O–H groups in total. The fourth-order valence-electron chi connectivity index (χ4n) is 3.20. The first-order chi connectivity index (χ1) is 10.2. The summed E-state index contributed by atoms with van der Waals surface area (Å²) < 4.78 is 5.86. The second-order valence-electron chi connectivity index (χ2n) is 5.82. The number of ether oxygens (including phenoxy) is 1. The summed E-state index contributed by atoms with van der Waals surface area (Å²) in [6, 6.07) is 8.23. The van der Waals surface area contributed by atoms with Crippen LogP contribution in [-0.2, 0) is 0 Å². The third-order valence-corrected chi connectivity index (χ3v) is 4.40. The maximum Gasteiger partial charge on any atom is 0.163 e. The smallest absolute Gasteiger partial charge is 0.163 e. The molecule has 0 spiro atoms. The van der Waals surface area contributed by atoms with E-state index in [9.17, 15) is 4.79 Å². The van der Waals surface area contributed by atoms with Gasteiger partial charge in [-0.25, -0.2) is 0 Å². The Bertz CT molecular complexity index is 452. The third-order valence-electron chi connectivity index (χ3n) is 4.40. The molecule has 0 aliphatic heterocycles. The van der Waals surface area contributed by atoms with Crippen molar-refractivity contribution in [3.63, 3.8) is 0 Å². The number of benzene rings is 1. The maximum absolute atomic E-state index is 11.6. The Morgan fingerprint density at radius 2 is 1.95 bits per heavy atom. The fourth-order valence-corrected chi connectivity index (χ4v) is 3.20. The molecule has 0 saturated heterocycles. The highest BCUT2D eigenvalue weighted by atomic mass is 16.5. The van der Waals surface area contributed by atoms with Gasteiger partial charge in [0.05, 0.1) is 5.56 Å². The van der Waals surface area contributed by atoms with Crippen molar-refractivity contribution < 1.29 is 9.53 Å².